The zero-order valence-electron chi connectivity index (χ0n) is 46.8. The van der Waals surface area contributed by atoms with Gasteiger partial charge in [-0.2, -0.15) is 0 Å². The van der Waals surface area contributed by atoms with Crippen molar-refractivity contribution in [3.05, 3.63) is 71.8 Å². The molecule has 3 aromatic carbocycles. The molecule has 4 aliphatic heterocycles. The van der Waals surface area contributed by atoms with Crippen LogP contribution in [0, 0.1) is 23.7 Å². The van der Waals surface area contributed by atoms with Crippen molar-refractivity contribution in [3.8, 4) is 5.75 Å². The van der Waals surface area contributed by atoms with Gasteiger partial charge in [0, 0.05) is 69.8 Å². The average Bonchev–Trinajstić information content (AvgIpc) is 3.80. The molecule has 3 aromatic rings. The van der Waals surface area contributed by atoms with E-state index >= 15 is 0 Å². The minimum absolute atomic E-state index is 0.0812. The van der Waals surface area contributed by atoms with Gasteiger partial charge in [-0.3, -0.25) is 9.59 Å². The number of likely N-dealkylation sites (N-methyl/N-ethyl adjacent to an activating group) is 1. The fourth-order valence-electron chi connectivity index (χ4n) is 12.4. The number of carbonyl (C=O) groups excluding carboxylic acids is 2. The van der Waals surface area contributed by atoms with E-state index in [1.807, 2.05) is 33.9 Å². The third kappa shape index (κ3) is 12.9. The van der Waals surface area contributed by atoms with E-state index in [2.05, 4.69) is 64.4 Å². The predicted octanol–water partition coefficient (Wildman–Crippen LogP) is 6.99. The Hall–Kier alpha value is -3.78. The maximum Gasteiger partial charge on any atom is 0.311 e. The van der Waals surface area contributed by atoms with Gasteiger partial charge in [0.2, 0.25) is 0 Å². The van der Waals surface area contributed by atoms with Crippen molar-refractivity contribution < 1.29 is 67.9 Å². The highest BCUT2D eigenvalue weighted by molar-refractivity contribution is 5.85. The lowest BCUT2D eigenvalue weighted by molar-refractivity contribution is -0.319. The number of esters is 1. The van der Waals surface area contributed by atoms with Crippen molar-refractivity contribution in [1.29, 1.82) is 0 Å². The molecule has 75 heavy (non-hydrogen) atoms. The Morgan fingerprint density at radius 1 is 0.827 bits per heavy atom. The Balaban J connectivity index is 1.10. The van der Waals surface area contributed by atoms with E-state index in [0.717, 1.165) is 36.0 Å². The number of aliphatic hydroxyl groups is 4. The quantitative estimate of drug-likeness (QED) is 0.0897. The van der Waals surface area contributed by atoms with Crippen molar-refractivity contribution in [2.45, 2.75) is 199 Å². The lowest BCUT2D eigenvalue weighted by atomic mass is 9.74. The Morgan fingerprint density at radius 2 is 1.53 bits per heavy atom. The molecule has 18 atom stereocenters. The molecule has 0 amide bonds. The molecule has 418 valence electrons. The van der Waals surface area contributed by atoms with Gasteiger partial charge in [-0.1, -0.05) is 64.1 Å². The van der Waals surface area contributed by atoms with Crippen molar-refractivity contribution in [2.24, 2.45) is 23.7 Å². The van der Waals surface area contributed by atoms with E-state index in [1.54, 1.807) is 41.5 Å². The number of carbonyl (C=O) groups is 2. The van der Waals surface area contributed by atoms with Crippen LogP contribution in [0.2, 0.25) is 0 Å². The number of fused-ring (bicyclic) bond motifs is 2. The molecule has 1 unspecified atom stereocenters. The first-order valence-corrected chi connectivity index (χ1v) is 27.4. The number of rotatable bonds is 15. The fourth-order valence-corrected chi connectivity index (χ4v) is 12.4. The maximum atomic E-state index is 14.5. The van der Waals surface area contributed by atoms with Gasteiger partial charge in [0.25, 0.3) is 0 Å². The molecule has 4 N–H and O–H groups in total. The van der Waals surface area contributed by atoms with E-state index < -0.39 is 102 Å². The highest BCUT2D eigenvalue weighted by Gasteiger charge is 2.54. The first-order valence-electron chi connectivity index (χ1n) is 27.4. The Labute approximate surface area is 445 Å². The standard InChI is InChI=1S/C59H88N2O14/c1-14-47-59(10,67)52(64)36(4)49(62)34(2)31-58(9,69-13)54(37(5)51(38(6)55(66)73-47)74-48-32-57(8,68-12)53(65)39(7)72-48)75-56-50(63)46(28-35(3)71-56)60(11)25-17-27-70-44-23-22-41-21-20-40(29-43(41)30-44)33-61-26-24-42-18-15-16-19-45(42)61/h15-16,18-23,29-30,34-39,46-48,50-54,56,63-65,67H,14,17,24-28,31-33H2,1-13H3/t34-,35-,36+,37+,38-,39+,46+,47-,48+,50?,51+,52-,53+,54-,56+,57-,58-,59-/m1/s1. The van der Waals surface area contributed by atoms with Crippen molar-refractivity contribution in [2.75, 3.05) is 45.9 Å². The number of ether oxygens (including phenoxy) is 8. The molecular weight excluding hydrogens is 961 g/mol. The zero-order valence-corrected chi connectivity index (χ0v) is 46.8. The molecule has 7 rings (SSSR count). The second-order valence-electron chi connectivity index (χ2n) is 23.0. The van der Waals surface area contributed by atoms with Gasteiger partial charge in [0.1, 0.15) is 35.4 Å². The summed E-state index contributed by atoms with van der Waals surface area (Å²) in [6.45, 7) is 20.1. The normalized spacial score (nSPS) is 38.3. The number of Topliss-reactive ketones (excluding diaryl/α,β-unsaturated/α-hetero) is 1. The van der Waals surface area contributed by atoms with Crippen LogP contribution in [-0.2, 0) is 55.7 Å². The summed E-state index contributed by atoms with van der Waals surface area (Å²) in [7, 11) is 5.00. The molecular formula is C59H88N2O14. The van der Waals surface area contributed by atoms with Gasteiger partial charge in [-0.15, -0.1) is 0 Å². The number of nitrogens with zero attached hydrogens (tertiary/aromatic N) is 2. The second-order valence-corrected chi connectivity index (χ2v) is 23.0. The van der Waals surface area contributed by atoms with Crippen LogP contribution in [0.4, 0.5) is 5.69 Å². The fraction of sp³-hybridized carbons (Fsp3) is 0.695. The lowest BCUT2D eigenvalue weighted by Crippen LogP contribution is -2.61. The molecule has 3 saturated heterocycles. The second kappa shape index (κ2) is 24.5. The number of aliphatic hydroxyl groups excluding tert-OH is 3. The minimum atomic E-state index is -1.99. The molecule has 0 aliphatic carbocycles. The molecule has 0 aromatic heterocycles. The van der Waals surface area contributed by atoms with Crippen LogP contribution in [0.25, 0.3) is 10.8 Å². The third-order valence-corrected chi connectivity index (χ3v) is 17.3. The number of hydrogen-bond donors (Lipinski definition) is 4. The van der Waals surface area contributed by atoms with Gasteiger partial charge in [0.15, 0.2) is 12.6 Å². The predicted molar refractivity (Wildman–Crippen MR) is 285 cm³/mol. The van der Waals surface area contributed by atoms with Gasteiger partial charge in [-0.05, 0) is 127 Å². The first-order chi connectivity index (χ1) is 35.4. The SMILES string of the molecule is CC[C@H]1OC(=O)[C@H](C)[C@@H](O[C@H]2C[C@@](C)(OC)[C@@H](O)[C@H](C)O2)[C@H](C)[C@@H](O[C@@H]2O[C@H](C)C[C@H](N(C)CCCOc3ccc4ccc(CN5CCc6ccccc65)cc4c3)C2O)[C@](C)(OC)C[C@@H](C)C(=O)[C@H](C)[C@@H](O)[C@]1(C)O. The summed E-state index contributed by atoms with van der Waals surface area (Å²) < 4.78 is 51.3. The van der Waals surface area contributed by atoms with E-state index in [1.165, 1.54) is 38.0 Å². The largest absolute Gasteiger partial charge is 0.494 e. The van der Waals surface area contributed by atoms with Crippen LogP contribution >= 0.6 is 0 Å². The number of para-hydroxylation sites is 1. The molecule has 4 heterocycles. The number of hydrogen-bond acceptors (Lipinski definition) is 16. The van der Waals surface area contributed by atoms with Crippen LogP contribution in [0.1, 0.15) is 112 Å². The van der Waals surface area contributed by atoms with E-state index in [0.29, 0.717) is 26.0 Å². The van der Waals surface area contributed by atoms with Crippen LogP contribution < -0.4 is 9.64 Å². The van der Waals surface area contributed by atoms with Gasteiger partial charge < -0.3 is 68.1 Å². The van der Waals surface area contributed by atoms with Gasteiger partial charge in [0.05, 0.1) is 54.2 Å². The minimum Gasteiger partial charge on any atom is -0.494 e. The highest BCUT2D eigenvalue weighted by atomic mass is 16.7. The summed E-state index contributed by atoms with van der Waals surface area (Å²) in [6.07, 6.45) is -7.62. The third-order valence-electron chi connectivity index (χ3n) is 17.3. The molecule has 0 radical (unpaired) electrons. The lowest BCUT2D eigenvalue weighted by Gasteiger charge is -2.50. The average molecular weight is 1050 g/mol. The molecule has 0 bridgehead atoms. The van der Waals surface area contributed by atoms with Crippen LogP contribution in [0.15, 0.2) is 60.7 Å². The number of anilines is 1. The Bertz CT molecular complexity index is 2390. The van der Waals surface area contributed by atoms with Gasteiger partial charge in [-0.25, -0.2) is 0 Å². The maximum absolute atomic E-state index is 14.5. The van der Waals surface area contributed by atoms with Crippen molar-refractivity contribution in [1.82, 2.24) is 4.90 Å². The summed E-state index contributed by atoms with van der Waals surface area (Å²) in [6, 6.07) is 21.1. The van der Waals surface area contributed by atoms with Gasteiger partial charge >= 0.3 is 5.97 Å². The molecule has 4 aliphatic rings. The van der Waals surface area contributed by atoms with Crippen LogP contribution in [0.5, 0.6) is 5.75 Å². The number of benzene rings is 3. The molecule has 16 nitrogen and oxygen atoms in total. The number of ketones is 1. The van der Waals surface area contributed by atoms with Crippen molar-refractivity contribution in [3.63, 3.8) is 0 Å². The van der Waals surface area contributed by atoms with Crippen molar-refractivity contribution >= 4 is 28.2 Å². The first kappa shape index (κ1) is 58.9. The molecule has 16 heteroatoms. The molecule has 3 fully saturated rings. The Kier molecular flexibility index (Phi) is 19.2. The van der Waals surface area contributed by atoms with E-state index in [-0.39, 0.29) is 37.2 Å². The van der Waals surface area contributed by atoms with Crippen LogP contribution in [-0.4, -0.2) is 162 Å². The van der Waals surface area contributed by atoms with E-state index in [9.17, 15) is 30.0 Å². The highest BCUT2D eigenvalue weighted by Crippen LogP contribution is 2.42. The monoisotopic (exact) mass is 1050 g/mol. The topological polar surface area (TPSA) is 195 Å². The van der Waals surface area contributed by atoms with E-state index in [4.69, 9.17) is 37.9 Å². The summed E-state index contributed by atoms with van der Waals surface area (Å²) in [4.78, 5) is 33.4. The molecule has 0 saturated carbocycles. The number of cyclic esters (lactones) is 1. The summed E-state index contributed by atoms with van der Waals surface area (Å²) in [5, 5.41) is 49.2. The summed E-state index contributed by atoms with van der Waals surface area (Å²) >= 11 is 0. The number of methoxy groups -OCH3 is 2. The summed E-state index contributed by atoms with van der Waals surface area (Å²) in [5.41, 5.74) is -0.418. The Morgan fingerprint density at radius 3 is 2.24 bits per heavy atom. The smallest absolute Gasteiger partial charge is 0.311 e. The molecule has 0 spiro atoms. The zero-order chi connectivity index (χ0) is 54.7. The van der Waals surface area contributed by atoms with Crippen LogP contribution in [0.3, 0.4) is 0 Å². The summed E-state index contributed by atoms with van der Waals surface area (Å²) in [5.74, 6) is -3.86.